The lowest BCUT2D eigenvalue weighted by Crippen LogP contribution is -2.06. The van der Waals surface area contributed by atoms with Gasteiger partial charge in [-0.2, -0.15) is 0 Å². The molecule has 60 valence electrons. The van der Waals surface area contributed by atoms with Crippen molar-refractivity contribution in [2.75, 3.05) is 0 Å². The van der Waals surface area contributed by atoms with Gasteiger partial charge < -0.3 is 4.74 Å². The fourth-order valence-electron chi connectivity index (χ4n) is 0.673. The number of hydrogen-bond donors (Lipinski definition) is 0. The highest BCUT2D eigenvalue weighted by molar-refractivity contribution is 14.1. The van der Waals surface area contributed by atoms with Gasteiger partial charge in [-0.3, -0.25) is 0 Å². The molecule has 1 aromatic heterocycles. The lowest BCUT2D eigenvalue weighted by atomic mass is 10.4. The highest BCUT2D eigenvalue weighted by Crippen LogP contribution is 2.10. The second kappa shape index (κ2) is 3.90. The van der Waals surface area contributed by atoms with Crippen LogP contribution in [0.1, 0.15) is 13.8 Å². The molecule has 0 saturated carbocycles. The Bertz CT molecular complexity index is 220. The van der Waals surface area contributed by atoms with Crippen molar-refractivity contribution in [3.63, 3.8) is 0 Å². The summed E-state index contributed by atoms with van der Waals surface area (Å²) < 4.78 is 6.48. The second-order valence-electron chi connectivity index (χ2n) is 2.48. The highest BCUT2D eigenvalue weighted by atomic mass is 127. The molecule has 0 aromatic carbocycles. The summed E-state index contributed by atoms with van der Waals surface area (Å²) in [5.74, 6) is 0.695. The minimum Gasteiger partial charge on any atom is -0.475 e. The molecule has 0 unspecified atom stereocenters. The molecule has 0 amide bonds. The lowest BCUT2D eigenvalue weighted by molar-refractivity contribution is 0.232. The molecular weight excluding hydrogens is 253 g/mol. The standard InChI is InChI=1S/C8H10INO/c1-6(2)11-8-4-3-7(9)5-10-8/h3-6H,1-2H3. The zero-order chi connectivity index (χ0) is 8.27. The van der Waals surface area contributed by atoms with E-state index >= 15 is 0 Å². The maximum Gasteiger partial charge on any atom is 0.213 e. The predicted octanol–water partition coefficient (Wildman–Crippen LogP) is 2.47. The maximum absolute atomic E-state index is 5.35. The molecule has 0 atom stereocenters. The van der Waals surface area contributed by atoms with E-state index in [4.69, 9.17) is 4.74 Å². The fourth-order valence-corrected chi connectivity index (χ4v) is 0.993. The van der Waals surface area contributed by atoms with Crippen molar-refractivity contribution in [1.82, 2.24) is 4.98 Å². The first-order valence-electron chi connectivity index (χ1n) is 3.46. The fraction of sp³-hybridized carbons (Fsp3) is 0.375. The molecule has 0 aliphatic carbocycles. The average molecular weight is 263 g/mol. The van der Waals surface area contributed by atoms with Gasteiger partial charge in [-0.1, -0.05) is 0 Å². The van der Waals surface area contributed by atoms with E-state index in [0.717, 1.165) is 3.57 Å². The molecule has 0 radical (unpaired) electrons. The lowest BCUT2D eigenvalue weighted by Gasteiger charge is -2.07. The van der Waals surface area contributed by atoms with E-state index in [-0.39, 0.29) is 6.10 Å². The van der Waals surface area contributed by atoms with E-state index in [9.17, 15) is 0 Å². The van der Waals surface area contributed by atoms with Crippen molar-refractivity contribution < 1.29 is 4.74 Å². The Hall–Kier alpha value is -0.320. The minimum atomic E-state index is 0.197. The van der Waals surface area contributed by atoms with Crippen LogP contribution in [-0.2, 0) is 0 Å². The predicted molar refractivity (Wildman–Crippen MR) is 52.7 cm³/mol. The molecule has 0 saturated heterocycles. The summed E-state index contributed by atoms with van der Waals surface area (Å²) in [4.78, 5) is 4.09. The second-order valence-corrected chi connectivity index (χ2v) is 3.73. The largest absolute Gasteiger partial charge is 0.475 e. The van der Waals surface area contributed by atoms with Crippen molar-refractivity contribution in [2.24, 2.45) is 0 Å². The van der Waals surface area contributed by atoms with Crippen LogP contribution < -0.4 is 4.74 Å². The van der Waals surface area contributed by atoms with Crippen LogP contribution in [0.5, 0.6) is 5.88 Å². The van der Waals surface area contributed by atoms with Crippen LogP contribution in [0.4, 0.5) is 0 Å². The van der Waals surface area contributed by atoms with Gasteiger partial charge in [0, 0.05) is 15.8 Å². The topological polar surface area (TPSA) is 22.1 Å². The van der Waals surface area contributed by atoms with Crippen LogP contribution in [0.2, 0.25) is 0 Å². The Balaban J connectivity index is 2.66. The summed E-state index contributed by atoms with van der Waals surface area (Å²) >= 11 is 2.21. The van der Waals surface area contributed by atoms with Crippen molar-refractivity contribution in [3.8, 4) is 5.88 Å². The van der Waals surface area contributed by atoms with Gasteiger partial charge in [0.25, 0.3) is 0 Å². The van der Waals surface area contributed by atoms with E-state index in [2.05, 4.69) is 27.6 Å². The van der Waals surface area contributed by atoms with E-state index in [0.29, 0.717) is 5.88 Å². The van der Waals surface area contributed by atoms with Gasteiger partial charge in [0.1, 0.15) is 0 Å². The Morgan fingerprint density at radius 3 is 2.64 bits per heavy atom. The number of halogens is 1. The maximum atomic E-state index is 5.35. The molecule has 0 spiro atoms. The minimum absolute atomic E-state index is 0.197. The third kappa shape index (κ3) is 3.05. The Morgan fingerprint density at radius 2 is 2.18 bits per heavy atom. The summed E-state index contributed by atoms with van der Waals surface area (Å²) in [6, 6.07) is 3.85. The van der Waals surface area contributed by atoms with E-state index in [1.165, 1.54) is 0 Å². The first-order chi connectivity index (χ1) is 5.18. The Kier molecular flexibility index (Phi) is 3.11. The van der Waals surface area contributed by atoms with Crippen LogP contribution in [0, 0.1) is 3.57 Å². The van der Waals surface area contributed by atoms with Crippen LogP contribution in [0.25, 0.3) is 0 Å². The Morgan fingerprint density at radius 1 is 1.45 bits per heavy atom. The molecule has 0 N–H and O–H groups in total. The molecule has 1 heterocycles. The molecular formula is C8H10INO. The van der Waals surface area contributed by atoms with E-state index < -0.39 is 0 Å². The first kappa shape index (κ1) is 8.77. The molecule has 2 nitrogen and oxygen atoms in total. The zero-order valence-corrected chi connectivity index (χ0v) is 8.70. The van der Waals surface area contributed by atoms with Crippen molar-refractivity contribution in [3.05, 3.63) is 21.9 Å². The molecule has 3 heteroatoms. The highest BCUT2D eigenvalue weighted by Gasteiger charge is 1.96. The number of rotatable bonds is 2. The smallest absolute Gasteiger partial charge is 0.213 e. The molecule has 0 fully saturated rings. The summed E-state index contributed by atoms with van der Waals surface area (Å²) in [6.45, 7) is 3.97. The summed E-state index contributed by atoms with van der Waals surface area (Å²) in [5.41, 5.74) is 0. The number of ether oxygens (including phenoxy) is 1. The van der Waals surface area contributed by atoms with E-state index in [1.54, 1.807) is 6.20 Å². The number of hydrogen-bond acceptors (Lipinski definition) is 2. The third-order valence-corrected chi connectivity index (χ3v) is 1.69. The van der Waals surface area contributed by atoms with Gasteiger partial charge >= 0.3 is 0 Å². The number of aromatic nitrogens is 1. The summed E-state index contributed by atoms with van der Waals surface area (Å²) in [5, 5.41) is 0. The normalized spacial score (nSPS) is 10.2. The number of nitrogens with zero attached hydrogens (tertiary/aromatic N) is 1. The number of pyridine rings is 1. The van der Waals surface area contributed by atoms with Gasteiger partial charge in [-0.15, -0.1) is 0 Å². The van der Waals surface area contributed by atoms with Gasteiger partial charge in [0.15, 0.2) is 0 Å². The Labute approximate surface area is 80.1 Å². The summed E-state index contributed by atoms with van der Waals surface area (Å²) in [6.07, 6.45) is 1.99. The van der Waals surface area contributed by atoms with Gasteiger partial charge in [-0.05, 0) is 42.5 Å². The zero-order valence-electron chi connectivity index (χ0n) is 6.54. The SMILES string of the molecule is CC(C)Oc1ccc(I)cn1. The molecule has 0 aliphatic heterocycles. The van der Waals surface area contributed by atoms with Crippen LogP contribution in [0.3, 0.4) is 0 Å². The van der Waals surface area contributed by atoms with Crippen LogP contribution in [0.15, 0.2) is 18.3 Å². The van der Waals surface area contributed by atoms with Crippen LogP contribution in [-0.4, -0.2) is 11.1 Å². The monoisotopic (exact) mass is 263 g/mol. The molecule has 1 aromatic rings. The van der Waals surface area contributed by atoms with Crippen molar-refractivity contribution in [2.45, 2.75) is 20.0 Å². The molecule has 0 bridgehead atoms. The van der Waals surface area contributed by atoms with Crippen molar-refractivity contribution >= 4 is 22.6 Å². The van der Waals surface area contributed by atoms with Crippen LogP contribution >= 0.6 is 22.6 Å². The van der Waals surface area contributed by atoms with Gasteiger partial charge in [0.05, 0.1) is 6.10 Å². The molecule has 1 rings (SSSR count). The quantitative estimate of drug-likeness (QED) is 0.765. The molecule has 11 heavy (non-hydrogen) atoms. The van der Waals surface area contributed by atoms with Gasteiger partial charge in [-0.25, -0.2) is 4.98 Å². The third-order valence-electron chi connectivity index (χ3n) is 1.06. The van der Waals surface area contributed by atoms with Crippen molar-refractivity contribution in [1.29, 1.82) is 0 Å². The van der Waals surface area contributed by atoms with Gasteiger partial charge in [0.2, 0.25) is 5.88 Å². The first-order valence-corrected chi connectivity index (χ1v) is 4.54. The van der Waals surface area contributed by atoms with E-state index in [1.807, 2.05) is 26.0 Å². The summed E-state index contributed by atoms with van der Waals surface area (Å²) in [7, 11) is 0. The molecule has 0 aliphatic rings. The average Bonchev–Trinajstić information content (AvgIpc) is 1.93.